The van der Waals surface area contributed by atoms with Crippen LogP contribution < -0.4 is 22.5 Å². The molecule has 0 radical (unpaired) electrons. The molecule has 6 aliphatic heterocycles. The van der Waals surface area contributed by atoms with Crippen LogP contribution in [-0.2, 0) is 100 Å². The molecule has 16 rings (SSSR count). The monoisotopic (exact) mass is 1140 g/mol. The van der Waals surface area contributed by atoms with Gasteiger partial charge in [-0.2, -0.15) is 0 Å². The minimum Gasteiger partial charge on any atom is -0.431 e. The number of hydrogen-bond donors (Lipinski definition) is 0. The largest absolute Gasteiger partial charge is 0.431 e. The Balaban J connectivity index is 0.000000114. The molecule has 0 amide bonds. The van der Waals surface area contributed by atoms with Gasteiger partial charge in [-0.15, -0.1) is 0 Å². The van der Waals surface area contributed by atoms with E-state index in [4.69, 9.17) is 9.47 Å². The maximum Gasteiger partial charge on any atom is 0.346 e. The Hall–Kier alpha value is -8.91. The number of ketones is 4. The van der Waals surface area contributed by atoms with E-state index >= 15 is 0 Å². The lowest BCUT2D eigenvalue weighted by Crippen LogP contribution is -2.50. The van der Waals surface area contributed by atoms with Crippen molar-refractivity contribution in [2.75, 3.05) is 0 Å². The van der Waals surface area contributed by atoms with Gasteiger partial charge in [0.1, 0.15) is 28.9 Å². The number of furan rings is 2. The molecule has 8 heterocycles. The quantitative estimate of drug-likeness (QED) is 0.122. The second-order valence-electron chi connectivity index (χ2n) is 22.1. The third-order valence-electron chi connectivity index (χ3n) is 18.4. The molecule has 428 valence electrons. The molecule has 13 aliphatic rings. The number of carbonyl (C=O) groups is 15. The Bertz CT molecular complexity index is 3370. The number of fused-ring (bicyclic) bond motifs is 25. The predicted molar refractivity (Wildman–Crippen MR) is 257 cm³/mol. The lowest BCUT2D eigenvalue weighted by atomic mass is 9.59. The number of rotatable bonds is 0. The number of hydrogen-bond acceptors (Lipinski definition) is 27. The molecule has 18 unspecified atom stereocenters. The van der Waals surface area contributed by atoms with Gasteiger partial charge < -0.3 is 37.3 Å². The zero-order valence-electron chi connectivity index (χ0n) is 40.9. The summed E-state index contributed by atoms with van der Waals surface area (Å²) in [4.78, 5) is 217. The summed E-state index contributed by atoms with van der Waals surface area (Å²) in [6, 6.07) is 2.29. The van der Waals surface area contributed by atoms with Crippen LogP contribution in [0.5, 0.6) is 0 Å². The third kappa shape index (κ3) is 8.47. The Morgan fingerprint density at radius 3 is 1.06 bits per heavy atom. The maximum absolute atomic E-state index is 11.9. The predicted octanol–water partition coefficient (Wildman–Crippen LogP) is -0.215. The molecule has 8 bridgehead atoms. The summed E-state index contributed by atoms with van der Waals surface area (Å²) < 4.78 is 36.4. The Labute approximate surface area is 457 Å². The topological polar surface area (TPSA) is 406 Å². The van der Waals surface area contributed by atoms with Gasteiger partial charge in [0.25, 0.3) is 0 Å². The Morgan fingerprint density at radius 2 is 0.634 bits per heavy atom. The molecule has 13 fully saturated rings. The molecule has 6 saturated heterocycles. The highest BCUT2D eigenvalue weighted by molar-refractivity contribution is 6.17. The highest BCUT2D eigenvalue weighted by atomic mass is 16.6. The molecule has 18 atom stereocenters. The van der Waals surface area contributed by atoms with E-state index < -0.39 is 147 Å². The van der Waals surface area contributed by atoms with Gasteiger partial charge >= 0.3 is 88.2 Å². The number of Topliss-reactive ketones (excluding diaryl/α,β-unsaturated/α-hetero) is 4. The van der Waals surface area contributed by atoms with Crippen LogP contribution in [0, 0.1) is 107 Å². The van der Waals surface area contributed by atoms with Gasteiger partial charge in [0.2, 0.25) is 0 Å². The van der Waals surface area contributed by atoms with Gasteiger partial charge in [0.15, 0.2) is 0 Å². The van der Waals surface area contributed by atoms with Crippen molar-refractivity contribution < 1.29 is 109 Å². The number of carbonyl (C=O) groups excluding carboxylic acids is 15. The molecule has 1 aromatic carbocycles. The zero-order valence-corrected chi connectivity index (χ0v) is 40.9. The highest BCUT2D eigenvalue weighted by Crippen LogP contribution is 2.61. The van der Waals surface area contributed by atoms with Crippen molar-refractivity contribution in [2.24, 2.45) is 107 Å². The number of ether oxygens (including phenoxy) is 6. The van der Waals surface area contributed by atoms with Gasteiger partial charge in [0.05, 0.1) is 100.0 Å². The molecule has 3 aromatic rings. The lowest BCUT2D eigenvalue weighted by molar-refractivity contribution is -0.174. The van der Waals surface area contributed by atoms with E-state index in [1.165, 1.54) is 0 Å². The van der Waals surface area contributed by atoms with Crippen LogP contribution in [0.15, 0.2) is 52.5 Å². The van der Waals surface area contributed by atoms with Crippen LogP contribution in [0.3, 0.4) is 0 Å². The summed E-state index contributed by atoms with van der Waals surface area (Å²) in [6.45, 7) is 3.60. The Kier molecular flexibility index (Phi) is 13.7. The molecule has 7 saturated carbocycles. The number of cyclic esters (lactones) is 11. The molecule has 27 nitrogen and oxygen atoms in total. The first-order valence-electron chi connectivity index (χ1n) is 25.4. The standard InChI is InChI=1S/C13H12O5.C11H10O5.C10H8O6.C10H2O6.C9H6O5.2CH4/c14-8-3-9(15)5-1-4(8)10-6-2-7(11(5)10)13(17)18-12(6)16;1-4-2-5-6-3-7(8(5)11(14)15-4)10(13)16-9(6)12;11-6-2-3-4-1-5(7(3)10(14)15-6)9(13)16-8(4)12;11-7-3-1-4-6(10(14)16-8(4)12)2-5(3)9(13)15-7;10-2-1-3(11)5-4(2)6-7(5)9(13)14-8(6)12;;/h4-7,10-11H,1-3H2;5-8H,1-3H2;3-5,7H,1-2H2;1-2H;4-7H,1H2;2*1H4. The van der Waals surface area contributed by atoms with Crippen LogP contribution >= 0.6 is 0 Å². The van der Waals surface area contributed by atoms with Crippen molar-refractivity contribution in [1.29, 1.82) is 0 Å². The highest BCUT2D eigenvalue weighted by Gasteiger charge is 2.71. The summed E-state index contributed by atoms with van der Waals surface area (Å²) in [5.41, 5.74) is -3.30. The summed E-state index contributed by atoms with van der Waals surface area (Å²) in [6.07, 6.45) is 2.07. The van der Waals surface area contributed by atoms with E-state index in [1.807, 2.05) is 0 Å². The van der Waals surface area contributed by atoms with E-state index in [0.29, 0.717) is 37.9 Å². The second-order valence-corrected chi connectivity index (χ2v) is 22.1. The van der Waals surface area contributed by atoms with Crippen molar-refractivity contribution in [3.8, 4) is 0 Å². The first-order valence-corrected chi connectivity index (χ1v) is 25.4. The fraction of sp³-hybridized carbons (Fsp3) is 0.509. The fourth-order valence-corrected chi connectivity index (χ4v) is 15.1. The van der Waals surface area contributed by atoms with Gasteiger partial charge in [-0.05, 0) is 61.5 Å². The number of allylic oxidation sites excluding steroid dienone is 1. The lowest BCUT2D eigenvalue weighted by Gasteiger charge is -2.36. The molecule has 0 spiro atoms. The first kappa shape index (κ1) is 56.4. The molecular weight excluding hydrogens is 1090 g/mol. The second kappa shape index (κ2) is 20.0. The van der Waals surface area contributed by atoms with E-state index in [1.54, 1.807) is 0 Å². The van der Waals surface area contributed by atoms with Crippen molar-refractivity contribution in [3.63, 3.8) is 0 Å². The van der Waals surface area contributed by atoms with Crippen LogP contribution in [0.4, 0.5) is 0 Å². The molecule has 7 aliphatic carbocycles. The molecule has 82 heavy (non-hydrogen) atoms. The van der Waals surface area contributed by atoms with Crippen molar-refractivity contribution >= 4 is 110 Å². The SMILES string of the molecule is C.C.C=C1CC2C3CC(C(=O)OC3=O)C2C(=O)O1.O=C1CC(=O)C2C1C1C(=O)OC(=O)C21.O=C1CC(=O)C2CC1C1C3CC(C(=O)OC3=O)C21.O=C1CC2C3CC(C(=O)OC3=O)C2C(=O)O1.O=c1oc(=O)c2cc3c(=O)oc(=O)c3cc12. The molecule has 0 N–H and O–H groups in total. The van der Waals surface area contributed by atoms with Gasteiger partial charge in [0, 0.05) is 30.1 Å². The first-order chi connectivity index (χ1) is 37.9. The average molecular weight is 1140 g/mol. The van der Waals surface area contributed by atoms with Crippen molar-refractivity contribution in [2.45, 2.75) is 66.2 Å². The van der Waals surface area contributed by atoms with Crippen molar-refractivity contribution in [1.82, 2.24) is 0 Å². The van der Waals surface area contributed by atoms with Crippen LogP contribution in [0.1, 0.15) is 66.2 Å². The normalized spacial score (nSPS) is 36.9. The molecule has 27 heteroatoms. The Morgan fingerprint density at radius 1 is 0.317 bits per heavy atom. The van der Waals surface area contributed by atoms with Gasteiger partial charge in [-0.3, -0.25) is 71.9 Å². The summed E-state index contributed by atoms with van der Waals surface area (Å²) in [5.74, 6) is -14.1. The average Bonchev–Trinajstić information content (AvgIpc) is 4.31. The number of esters is 11. The van der Waals surface area contributed by atoms with Crippen LogP contribution in [-0.4, -0.2) is 88.8 Å². The van der Waals surface area contributed by atoms with Crippen LogP contribution in [0.2, 0.25) is 0 Å². The van der Waals surface area contributed by atoms with E-state index in [2.05, 4.69) is 34.4 Å². The molecule has 2 aromatic heterocycles. The van der Waals surface area contributed by atoms with E-state index in [0.717, 1.165) is 12.1 Å². The summed E-state index contributed by atoms with van der Waals surface area (Å²) in [5, 5.41) is -0.0726. The third-order valence-corrected chi connectivity index (χ3v) is 18.4. The summed E-state index contributed by atoms with van der Waals surface area (Å²) in [7, 11) is 0. The number of benzene rings is 1. The fourth-order valence-electron chi connectivity index (χ4n) is 15.1. The minimum absolute atomic E-state index is 0. The zero-order chi connectivity index (χ0) is 57.0. The van der Waals surface area contributed by atoms with E-state index in [-0.39, 0.29) is 126 Å². The maximum atomic E-state index is 11.9. The molecular formula is C55H46O27. The smallest absolute Gasteiger partial charge is 0.346 e. The summed E-state index contributed by atoms with van der Waals surface area (Å²) >= 11 is 0. The van der Waals surface area contributed by atoms with Crippen LogP contribution in [0.25, 0.3) is 21.5 Å². The van der Waals surface area contributed by atoms with E-state index in [9.17, 15) is 91.1 Å². The van der Waals surface area contributed by atoms with Crippen molar-refractivity contribution in [3.05, 3.63) is 66.2 Å². The minimum atomic E-state index is -0.824. The van der Waals surface area contributed by atoms with Gasteiger partial charge in [-0.25, -0.2) is 19.2 Å². The van der Waals surface area contributed by atoms with Gasteiger partial charge in [-0.1, -0.05) is 21.4 Å².